The van der Waals surface area contributed by atoms with E-state index in [1.54, 1.807) is 17.7 Å². The van der Waals surface area contributed by atoms with Crippen molar-refractivity contribution >= 4 is 23.1 Å². The number of imidazole rings is 1. The molecule has 1 aliphatic rings. The highest BCUT2D eigenvalue weighted by Crippen LogP contribution is 2.26. The van der Waals surface area contributed by atoms with E-state index in [1.165, 1.54) is 4.88 Å². The van der Waals surface area contributed by atoms with Crippen LogP contribution < -0.4 is 0 Å². The van der Waals surface area contributed by atoms with Crippen LogP contribution in [0.4, 0.5) is 0 Å². The van der Waals surface area contributed by atoms with Gasteiger partial charge in [0.15, 0.2) is 5.78 Å². The maximum absolute atomic E-state index is 12.6. The van der Waals surface area contributed by atoms with Crippen LogP contribution >= 0.6 is 11.3 Å². The minimum absolute atomic E-state index is 0.00496. The summed E-state index contributed by atoms with van der Waals surface area (Å²) in [5, 5.41) is 11.1. The Hall–Kier alpha value is -3.55. The highest BCUT2D eigenvalue weighted by atomic mass is 32.1. The number of rotatable bonds is 7. The summed E-state index contributed by atoms with van der Waals surface area (Å²) in [5.41, 5.74) is 4.15. The van der Waals surface area contributed by atoms with E-state index < -0.39 is 5.97 Å². The van der Waals surface area contributed by atoms with Gasteiger partial charge in [-0.1, -0.05) is 54.6 Å². The summed E-state index contributed by atoms with van der Waals surface area (Å²) in [6.45, 7) is 1.99. The summed E-state index contributed by atoms with van der Waals surface area (Å²) < 4.78 is 1.98. The third kappa shape index (κ3) is 4.12. The van der Waals surface area contributed by atoms with Crippen LogP contribution in [0.15, 0.2) is 78.6 Å². The molecular weight excluding hydrogens is 422 g/mol. The predicted octanol–water partition coefficient (Wildman–Crippen LogP) is 4.35. The minimum Gasteiger partial charge on any atom is -0.481 e. The van der Waals surface area contributed by atoms with E-state index in [0.29, 0.717) is 24.2 Å². The lowest BCUT2D eigenvalue weighted by Crippen LogP contribution is -2.49. The molecule has 1 saturated heterocycles. The molecule has 1 fully saturated rings. The van der Waals surface area contributed by atoms with E-state index in [2.05, 4.69) is 21.3 Å². The first kappa shape index (κ1) is 20.4. The lowest BCUT2D eigenvalue weighted by molar-refractivity contribution is -0.147. The molecule has 0 radical (unpaired) electrons. The number of likely N-dealkylation sites (tertiary alicyclic amines) is 1. The fourth-order valence-corrected chi connectivity index (χ4v) is 4.73. The Labute approximate surface area is 189 Å². The predicted molar refractivity (Wildman–Crippen MR) is 123 cm³/mol. The third-order valence-electron chi connectivity index (χ3n) is 5.69. The minimum atomic E-state index is -0.712. The molecule has 2 aromatic carbocycles. The Balaban J connectivity index is 1.26. The first-order valence-corrected chi connectivity index (χ1v) is 11.2. The van der Waals surface area contributed by atoms with Gasteiger partial charge in [0.05, 0.1) is 23.6 Å². The molecule has 3 heterocycles. The molecule has 0 spiro atoms. The number of hydrogen-bond donors (Lipinski definition) is 1. The number of carboxylic acid groups (broad SMARTS) is 1. The van der Waals surface area contributed by atoms with Crippen LogP contribution in [0, 0.1) is 5.92 Å². The van der Waals surface area contributed by atoms with E-state index in [4.69, 9.17) is 5.11 Å². The van der Waals surface area contributed by atoms with E-state index >= 15 is 0 Å². The lowest BCUT2D eigenvalue weighted by atomic mass is 10.0. The van der Waals surface area contributed by atoms with Gasteiger partial charge in [0, 0.05) is 52.8 Å². The summed E-state index contributed by atoms with van der Waals surface area (Å²) in [6, 6.07) is 18.9. The molecule has 5 rings (SSSR count). The molecule has 1 N–H and O–H groups in total. The van der Waals surface area contributed by atoms with Crippen LogP contribution in [-0.4, -0.2) is 44.4 Å². The van der Waals surface area contributed by atoms with Crippen molar-refractivity contribution in [1.29, 1.82) is 0 Å². The van der Waals surface area contributed by atoms with Crippen LogP contribution in [0.1, 0.15) is 20.8 Å². The molecule has 0 bridgehead atoms. The van der Waals surface area contributed by atoms with Gasteiger partial charge in [0.2, 0.25) is 0 Å². The smallest absolute Gasteiger partial charge is 0.309 e. The first-order chi connectivity index (χ1) is 15.6. The average molecular weight is 444 g/mol. The molecule has 0 atom stereocenters. The quantitative estimate of drug-likeness (QED) is 0.430. The number of carbonyl (C=O) groups is 2. The standard InChI is InChI=1S/C25H21N3O3S/c29-24(18-4-2-1-3-5-18)19-8-6-17(7-9-19)23-14-28(16-26-23)21-10-22(32-15-21)13-27-11-20(12-27)25(30)31/h1-10,14-16,20H,11-13H2,(H,30,31). The Kier molecular flexibility index (Phi) is 5.43. The monoisotopic (exact) mass is 443 g/mol. The second-order valence-corrected chi connectivity index (χ2v) is 8.93. The Bertz CT molecular complexity index is 1260. The Morgan fingerprint density at radius 1 is 1.03 bits per heavy atom. The molecule has 1 aliphatic heterocycles. The van der Waals surface area contributed by atoms with E-state index in [9.17, 15) is 9.59 Å². The molecule has 6 nitrogen and oxygen atoms in total. The van der Waals surface area contributed by atoms with Crippen molar-refractivity contribution in [2.45, 2.75) is 6.54 Å². The van der Waals surface area contributed by atoms with Crippen molar-refractivity contribution in [2.24, 2.45) is 5.92 Å². The van der Waals surface area contributed by atoms with Gasteiger partial charge in [0.1, 0.15) is 0 Å². The van der Waals surface area contributed by atoms with Gasteiger partial charge < -0.3 is 9.67 Å². The fourth-order valence-electron chi connectivity index (χ4n) is 3.82. The van der Waals surface area contributed by atoms with Crippen LogP contribution in [0.5, 0.6) is 0 Å². The second-order valence-electron chi connectivity index (χ2n) is 7.94. The highest BCUT2D eigenvalue weighted by Gasteiger charge is 2.32. The molecule has 0 amide bonds. The molecule has 4 aromatic rings. The van der Waals surface area contributed by atoms with Gasteiger partial charge in [0.25, 0.3) is 0 Å². The Morgan fingerprint density at radius 2 is 1.75 bits per heavy atom. The van der Waals surface area contributed by atoms with Gasteiger partial charge in [-0.15, -0.1) is 11.3 Å². The first-order valence-electron chi connectivity index (χ1n) is 10.3. The lowest BCUT2D eigenvalue weighted by Gasteiger charge is -2.36. The molecule has 0 saturated carbocycles. The van der Waals surface area contributed by atoms with Crippen LogP contribution in [0.2, 0.25) is 0 Å². The third-order valence-corrected chi connectivity index (χ3v) is 6.59. The zero-order valence-corrected chi connectivity index (χ0v) is 18.0. The fraction of sp³-hybridized carbons (Fsp3) is 0.160. The van der Waals surface area contributed by atoms with Crippen molar-refractivity contribution < 1.29 is 14.7 Å². The van der Waals surface area contributed by atoms with Crippen LogP contribution in [0.25, 0.3) is 16.9 Å². The number of thiophene rings is 1. The van der Waals surface area contributed by atoms with Gasteiger partial charge in [-0.3, -0.25) is 14.5 Å². The van der Waals surface area contributed by atoms with Gasteiger partial charge in [-0.05, 0) is 6.07 Å². The maximum Gasteiger partial charge on any atom is 0.309 e. The summed E-state index contributed by atoms with van der Waals surface area (Å²) >= 11 is 1.66. The largest absolute Gasteiger partial charge is 0.481 e. The molecule has 0 aliphatic carbocycles. The van der Waals surface area contributed by atoms with Gasteiger partial charge >= 0.3 is 5.97 Å². The molecule has 7 heteroatoms. The van der Waals surface area contributed by atoms with E-state index in [0.717, 1.165) is 23.5 Å². The van der Waals surface area contributed by atoms with Crippen molar-refractivity contribution in [3.8, 4) is 16.9 Å². The number of nitrogens with zero attached hydrogens (tertiary/aromatic N) is 3. The number of hydrogen-bond acceptors (Lipinski definition) is 5. The summed E-state index contributed by atoms with van der Waals surface area (Å²) in [5.74, 6) is -0.943. The zero-order chi connectivity index (χ0) is 22.1. The highest BCUT2D eigenvalue weighted by molar-refractivity contribution is 7.10. The Morgan fingerprint density at radius 3 is 2.47 bits per heavy atom. The molecule has 0 unspecified atom stereocenters. The van der Waals surface area contributed by atoms with Crippen molar-refractivity contribution in [1.82, 2.24) is 14.5 Å². The molecular formula is C25H21N3O3S. The number of carboxylic acids is 1. The number of benzene rings is 2. The van der Waals surface area contributed by atoms with Crippen LogP contribution in [0.3, 0.4) is 0 Å². The SMILES string of the molecule is O=C(c1ccccc1)c1ccc(-c2cn(-c3csc(CN4CC(C(=O)O)C4)c3)cn2)cc1. The van der Waals surface area contributed by atoms with E-state index in [1.807, 2.05) is 65.4 Å². The zero-order valence-electron chi connectivity index (χ0n) is 17.2. The maximum atomic E-state index is 12.6. The van der Waals surface area contributed by atoms with Crippen molar-refractivity contribution in [3.05, 3.63) is 94.6 Å². The summed E-state index contributed by atoms with van der Waals surface area (Å²) in [4.78, 5) is 31.4. The number of ketones is 1. The summed E-state index contributed by atoms with van der Waals surface area (Å²) in [7, 11) is 0. The molecule has 2 aromatic heterocycles. The average Bonchev–Trinajstić information content (AvgIpc) is 3.46. The number of aromatic nitrogens is 2. The normalized spacial score (nSPS) is 14.2. The summed E-state index contributed by atoms with van der Waals surface area (Å²) in [6.07, 6.45) is 3.76. The van der Waals surface area contributed by atoms with Crippen molar-refractivity contribution in [3.63, 3.8) is 0 Å². The van der Waals surface area contributed by atoms with Gasteiger partial charge in [-0.25, -0.2) is 4.98 Å². The topological polar surface area (TPSA) is 75.4 Å². The second kappa shape index (κ2) is 8.53. The van der Waals surface area contributed by atoms with Crippen LogP contribution in [-0.2, 0) is 11.3 Å². The van der Waals surface area contributed by atoms with E-state index in [-0.39, 0.29) is 11.7 Å². The van der Waals surface area contributed by atoms with Gasteiger partial charge in [-0.2, -0.15) is 0 Å². The van der Waals surface area contributed by atoms with Crippen molar-refractivity contribution in [2.75, 3.05) is 13.1 Å². The number of aliphatic carboxylic acids is 1. The number of carbonyl (C=O) groups excluding carboxylic acids is 1. The molecule has 32 heavy (non-hydrogen) atoms. The molecule has 160 valence electrons.